The van der Waals surface area contributed by atoms with Gasteiger partial charge in [0.05, 0.1) is 13.7 Å². The maximum absolute atomic E-state index is 5.13. The van der Waals surface area contributed by atoms with Crippen molar-refractivity contribution in [3.05, 3.63) is 54.1 Å². The summed E-state index contributed by atoms with van der Waals surface area (Å²) in [5.74, 6) is 0.866. The van der Waals surface area contributed by atoms with Gasteiger partial charge in [-0.2, -0.15) is 0 Å². The molecule has 0 aliphatic rings. The molecule has 0 heterocycles. The summed E-state index contributed by atoms with van der Waals surface area (Å²) in [5, 5.41) is 3.33. The lowest BCUT2D eigenvalue weighted by atomic mass is 10.2. The van der Waals surface area contributed by atoms with E-state index in [9.17, 15) is 0 Å². The zero-order chi connectivity index (χ0) is 15.8. The third-order valence-electron chi connectivity index (χ3n) is 3.31. The number of hydrogen-bond acceptors (Lipinski definition) is 4. The number of benzene rings is 2. The lowest BCUT2D eigenvalue weighted by molar-refractivity contribution is 0.415. The fourth-order valence-electron chi connectivity index (χ4n) is 2.00. The van der Waals surface area contributed by atoms with Crippen molar-refractivity contribution >= 4 is 17.6 Å². The van der Waals surface area contributed by atoms with E-state index in [1.165, 1.54) is 5.69 Å². The molecule has 1 N–H and O–H groups in total. The second kappa shape index (κ2) is 8.08. The van der Waals surface area contributed by atoms with Gasteiger partial charge in [0.2, 0.25) is 0 Å². The molecule has 0 amide bonds. The fraction of sp³-hybridized carbons (Fsp3) is 0.278. The van der Waals surface area contributed by atoms with Crippen LogP contribution in [0.2, 0.25) is 0 Å². The fourth-order valence-corrected chi connectivity index (χ4v) is 2.00. The second-order valence-corrected chi connectivity index (χ2v) is 5.18. The van der Waals surface area contributed by atoms with E-state index in [0.717, 1.165) is 30.1 Å². The predicted molar refractivity (Wildman–Crippen MR) is 94.7 cm³/mol. The minimum absolute atomic E-state index is 0.738. The monoisotopic (exact) mass is 297 g/mol. The largest absolute Gasteiger partial charge is 0.497 e. The SMILES string of the molecule is COc1ccc(NCCN=Cc2ccc(N(C)C)cc2)cc1. The molecule has 22 heavy (non-hydrogen) atoms. The summed E-state index contributed by atoms with van der Waals surface area (Å²) in [6.45, 7) is 1.54. The molecule has 116 valence electrons. The summed E-state index contributed by atoms with van der Waals surface area (Å²) in [5.41, 5.74) is 3.39. The topological polar surface area (TPSA) is 36.9 Å². The van der Waals surface area contributed by atoms with E-state index in [1.807, 2.05) is 44.6 Å². The molecular formula is C18H23N3O. The van der Waals surface area contributed by atoms with Gasteiger partial charge >= 0.3 is 0 Å². The van der Waals surface area contributed by atoms with E-state index in [-0.39, 0.29) is 0 Å². The highest BCUT2D eigenvalue weighted by Gasteiger charge is 1.94. The van der Waals surface area contributed by atoms with Crippen LogP contribution in [0.1, 0.15) is 5.56 Å². The minimum atomic E-state index is 0.738. The molecule has 0 atom stereocenters. The first-order valence-corrected chi connectivity index (χ1v) is 7.34. The van der Waals surface area contributed by atoms with Gasteiger partial charge in [0, 0.05) is 38.2 Å². The van der Waals surface area contributed by atoms with Crippen molar-refractivity contribution in [2.45, 2.75) is 0 Å². The molecule has 0 bridgehead atoms. The summed E-state index contributed by atoms with van der Waals surface area (Å²) < 4.78 is 5.13. The number of nitrogens with one attached hydrogen (secondary N) is 1. The number of rotatable bonds is 7. The maximum Gasteiger partial charge on any atom is 0.119 e. The van der Waals surface area contributed by atoms with Gasteiger partial charge in [-0.1, -0.05) is 12.1 Å². The highest BCUT2D eigenvalue weighted by Crippen LogP contribution is 2.14. The zero-order valence-electron chi connectivity index (χ0n) is 13.4. The molecule has 0 aliphatic carbocycles. The van der Waals surface area contributed by atoms with Gasteiger partial charge in [0.1, 0.15) is 5.75 Å². The summed E-state index contributed by atoms with van der Waals surface area (Å²) in [4.78, 5) is 6.52. The molecule has 2 rings (SSSR count). The van der Waals surface area contributed by atoms with Crippen LogP contribution in [0, 0.1) is 0 Å². The van der Waals surface area contributed by atoms with E-state index < -0.39 is 0 Å². The minimum Gasteiger partial charge on any atom is -0.497 e. The Morgan fingerprint density at radius 3 is 2.32 bits per heavy atom. The van der Waals surface area contributed by atoms with Crippen LogP contribution in [0.5, 0.6) is 5.75 Å². The normalized spacial score (nSPS) is 10.7. The molecule has 2 aromatic carbocycles. The molecule has 4 nitrogen and oxygen atoms in total. The first kappa shape index (κ1) is 15.9. The lowest BCUT2D eigenvalue weighted by Crippen LogP contribution is -2.08. The Hall–Kier alpha value is -2.49. The molecule has 0 spiro atoms. The highest BCUT2D eigenvalue weighted by molar-refractivity contribution is 5.80. The van der Waals surface area contributed by atoms with Crippen LogP contribution in [0.4, 0.5) is 11.4 Å². The quantitative estimate of drug-likeness (QED) is 0.629. The first-order chi connectivity index (χ1) is 10.7. The van der Waals surface area contributed by atoms with Crippen LogP contribution >= 0.6 is 0 Å². The van der Waals surface area contributed by atoms with E-state index >= 15 is 0 Å². The van der Waals surface area contributed by atoms with Gasteiger partial charge in [0.15, 0.2) is 0 Å². The average molecular weight is 297 g/mol. The Balaban J connectivity index is 1.75. The van der Waals surface area contributed by atoms with Crippen LogP contribution in [0.15, 0.2) is 53.5 Å². The summed E-state index contributed by atoms with van der Waals surface area (Å²) in [6.07, 6.45) is 1.91. The number of aliphatic imine (C=N–C) groups is 1. The molecule has 0 saturated carbocycles. The number of nitrogens with zero attached hydrogens (tertiary/aromatic N) is 2. The first-order valence-electron chi connectivity index (χ1n) is 7.34. The molecule has 0 aliphatic heterocycles. The zero-order valence-corrected chi connectivity index (χ0v) is 13.4. The van der Waals surface area contributed by atoms with Gasteiger partial charge in [-0.25, -0.2) is 0 Å². The maximum atomic E-state index is 5.13. The van der Waals surface area contributed by atoms with Crippen LogP contribution < -0.4 is 15.0 Å². The molecule has 0 unspecified atom stereocenters. The van der Waals surface area contributed by atoms with Crippen molar-refractivity contribution in [3.8, 4) is 5.75 Å². The molecule has 2 aromatic rings. The van der Waals surface area contributed by atoms with Crippen molar-refractivity contribution in [2.24, 2.45) is 4.99 Å². The Bertz CT molecular complexity index is 589. The van der Waals surface area contributed by atoms with Crippen molar-refractivity contribution in [2.75, 3.05) is 44.5 Å². The van der Waals surface area contributed by atoms with E-state index in [4.69, 9.17) is 4.74 Å². The molecule has 0 radical (unpaired) electrons. The van der Waals surface area contributed by atoms with E-state index in [0.29, 0.717) is 0 Å². The predicted octanol–water partition coefficient (Wildman–Crippen LogP) is 3.29. The van der Waals surface area contributed by atoms with Crippen molar-refractivity contribution < 1.29 is 4.74 Å². The van der Waals surface area contributed by atoms with Crippen LogP contribution in [-0.2, 0) is 0 Å². The Morgan fingerprint density at radius 1 is 1.05 bits per heavy atom. The Morgan fingerprint density at radius 2 is 1.73 bits per heavy atom. The van der Waals surface area contributed by atoms with Crippen LogP contribution in [0.25, 0.3) is 0 Å². The standard InChI is InChI=1S/C18H23N3O/c1-21(2)17-8-4-15(5-9-17)14-19-12-13-20-16-6-10-18(22-3)11-7-16/h4-11,14,20H,12-13H2,1-3H3. The number of methoxy groups -OCH3 is 1. The Labute approximate surface area is 132 Å². The Kier molecular flexibility index (Phi) is 5.83. The summed E-state index contributed by atoms with van der Waals surface area (Å²) in [6, 6.07) is 16.2. The third kappa shape index (κ3) is 4.81. The molecule has 0 saturated heterocycles. The van der Waals surface area contributed by atoms with Crippen LogP contribution in [0.3, 0.4) is 0 Å². The van der Waals surface area contributed by atoms with Gasteiger partial charge in [-0.15, -0.1) is 0 Å². The van der Waals surface area contributed by atoms with Gasteiger partial charge in [0.25, 0.3) is 0 Å². The summed E-state index contributed by atoms with van der Waals surface area (Å²) >= 11 is 0. The molecule has 4 heteroatoms. The summed E-state index contributed by atoms with van der Waals surface area (Å²) in [7, 11) is 5.74. The molecular weight excluding hydrogens is 274 g/mol. The number of anilines is 2. The van der Waals surface area contributed by atoms with Gasteiger partial charge in [-0.05, 0) is 42.0 Å². The third-order valence-corrected chi connectivity index (χ3v) is 3.31. The van der Waals surface area contributed by atoms with Crippen LogP contribution in [-0.4, -0.2) is 40.5 Å². The highest BCUT2D eigenvalue weighted by atomic mass is 16.5. The van der Waals surface area contributed by atoms with Crippen molar-refractivity contribution in [1.29, 1.82) is 0 Å². The van der Waals surface area contributed by atoms with Gasteiger partial charge < -0.3 is 15.0 Å². The molecule has 0 aromatic heterocycles. The lowest BCUT2D eigenvalue weighted by Gasteiger charge is -2.11. The van der Waals surface area contributed by atoms with E-state index in [2.05, 4.69) is 39.5 Å². The number of ether oxygens (including phenoxy) is 1. The van der Waals surface area contributed by atoms with Crippen molar-refractivity contribution in [1.82, 2.24) is 0 Å². The number of hydrogen-bond donors (Lipinski definition) is 1. The molecule has 0 fully saturated rings. The average Bonchev–Trinajstić information content (AvgIpc) is 2.55. The second-order valence-electron chi connectivity index (χ2n) is 5.18. The van der Waals surface area contributed by atoms with E-state index in [1.54, 1.807) is 7.11 Å². The van der Waals surface area contributed by atoms with Crippen molar-refractivity contribution in [3.63, 3.8) is 0 Å². The van der Waals surface area contributed by atoms with Gasteiger partial charge in [-0.3, -0.25) is 4.99 Å². The smallest absolute Gasteiger partial charge is 0.119 e.